The monoisotopic (exact) mass is 554 g/mol. The molecule has 0 amide bonds. The van der Waals surface area contributed by atoms with Crippen molar-refractivity contribution < 1.29 is 39.5 Å². The second kappa shape index (κ2) is 22.0. The predicted octanol–water partition coefficient (Wildman–Crippen LogP) is 4.77. The first-order valence-electron chi connectivity index (χ1n) is 15.1. The van der Waals surface area contributed by atoms with Gasteiger partial charge in [0, 0.05) is 25.2 Å². The third kappa shape index (κ3) is 16.8. The molecule has 1 aliphatic carbocycles. The molecule has 0 unspecified atom stereocenters. The van der Waals surface area contributed by atoms with E-state index >= 15 is 0 Å². The summed E-state index contributed by atoms with van der Waals surface area (Å²) in [6, 6.07) is 0. The lowest BCUT2D eigenvalue weighted by Crippen LogP contribution is -2.25. The molecule has 0 heterocycles. The minimum Gasteiger partial charge on any atom is -0.463 e. The van der Waals surface area contributed by atoms with Crippen LogP contribution in [0, 0.1) is 11.8 Å². The fraction of sp³-hybridized carbons (Fsp3) is 0.806. The number of allylic oxidation sites excluding steroid dienone is 2. The van der Waals surface area contributed by atoms with Gasteiger partial charge in [0.1, 0.15) is 19.3 Å². The predicted molar refractivity (Wildman–Crippen MR) is 152 cm³/mol. The second-order valence-electron chi connectivity index (χ2n) is 10.8. The van der Waals surface area contributed by atoms with Crippen LogP contribution in [0.4, 0.5) is 0 Å². The minimum absolute atomic E-state index is 0.114. The summed E-state index contributed by atoms with van der Waals surface area (Å²) in [5.74, 6) is -1.07. The SMILES string of the molecule is CCCCCCCC(=O)OC[C@@H](O)COC(=O)CCC/C=C/C[C@@H]1[C@@H](/C=C/[C@@H](O)CCCCC)[C@H](O)C[C@@H]1O. The van der Waals surface area contributed by atoms with Gasteiger partial charge in [-0.3, -0.25) is 9.59 Å². The Balaban J connectivity index is 2.21. The molecule has 0 aliphatic heterocycles. The van der Waals surface area contributed by atoms with Crippen LogP contribution in [0.25, 0.3) is 0 Å². The number of esters is 2. The standard InChI is InChI=1S/C31H54O8/c1-3-5-7-8-13-17-30(36)38-22-25(33)23-39-31(37)18-14-10-9-12-16-26-27(29(35)21-28(26)34)20-19-24(32)15-11-6-4-2/h9,12,19-20,24-29,32-35H,3-8,10-11,13-18,21-23H2,1-2H3/b12-9+,20-19+/t24-,25+,26+,27+,28-,29+/m0/s1. The summed E-state index contributed by atoms with van der Waals surface area (Å²) in [5.41, 5.74) is 0. The second-order valence-corrected chi connectivity index (χ2v) is 10.8. The highest BCUT2D eigenvalue weighted by molar-refractivity contribution is 5.69. The van der Waals surface area contributed by atoms with E-state index in [1.165, 1.54) is 0 Å². The number of aliphatic hydroxyl groups excluding tert-OH is 4. The Morgan fingerprint density at radius 3 is 2.10 bits per heavy atom. The van der Waals surface area contributed by atoms with Gasteiger partial charge in [-0.25, -0.2) is 0 Å². The summed E-state index contributed by atoms with van der Waals surface area (Å²) >= 11 is 0. The average molecular weight is 555 g/mol. The molecule has 1 rings (SSSR count). The Bertz CT molecular complexity index is 707. The molecule has 39 heavy (non-hydrogen) atoms. The number of ether oxygens (including phenoxy) is 2. The van der Waals surface area contributed by atoms with Crippen LogP contribution in [-0.2, 0) is 19.1 Å². The Morgan fingerprint density at radius 2 is 1.44 bits per heavy atom. The maximum absolute atomic E-state index is 11.9. The lowest BCUT2D eigenvalue weighted by atomic mass is 9.89. The van der Waals surface area contributed by atoms with Gasteiger partial charge in [0.05, 0.1) is 18.3 Å². The van der Waals surface area contributed by atoms with E-state index in [2.05, 4.69) is 13.8 Å². The molecule has 0 saturated heterocycles. The Kier molecular flexibility index (Phi) is 19.9. The number of rotatable bonds is 22. The Hall–Kier alpha value is -1.74. The number of carbonyl (C=O) groups excluding carboxylic acids is 2. The fourth-order valence-electron chi connectivity index (χ4n) is 4.84. The normalized spacial score (nSPS) is 22.9. The van der Waals surface area contributed by atoms with Crippen LogP contribution < -0.4 is 0 Å². The molecule has 6 atom stereocenters. The lowest BCUT2D eigenvalue weighted by Gasteiger charge is -2.19. The van der Waals surface area contributed by atoms with Crippen LogP contribution in [0.5, 0.6) is 0 Å². The molecule has 8 heteroatoms. The van der Waals surface area contributed by atoms with Gasteiger partial charge < -0.3 is 29.9 Å². The highest BCUT2D eigenvalue weighted by Gasteiger charge is 2.39. The Labute approximate surface area is 235 Å². The molecule has 0 aromatic rings. The number of aliphatic hydroxyl groups is 4. The summed E-state index contributed by atoms with van der Waals surface area (Å²) in [5, 5.41) is 40.8. The largest absolute Gasteiger partial charge is 0.463 e. The summed E-state index contributed by atoms with van der Waals surface area (Å²) in [7, 11) is 0. The quantitative estimate of drug-likeness (QED) is 0.0855. The van der Waals surface area contributed by atoms with E-state index in [0.29, 0.717) is 38.5 Å². The zero-order chi connectivity index (χ0) is 28.9. The molecule has 0 bridgehead atoms. The fourth-order valence-corrected chi connectivity index (χ4v) is 4.84. The Morgan fingerprint density at radius 1 is 0.821 bits per heavy atom. The number of hydrogen-bond acceptors (Lipinski definition) is 8. The van der Waals surface area contributed by atoms with Gasteiger partial charge in [-0.05, 0) is 38.0 Å². The highest BCUT2D eigenvalue weighted by Crippen LogP contribution is 2.36. The van der Waals surface area contributed by atoms with Crippen LogP contribution in [0.15, 0.2) is 24.3 Å². The van der Waals surface area contributed by atoms with Crippen LogP contribution in [-0.4, -0.2) is 70.0 Å². The van der Waals surface area contributed by atoms with E-state index < -0.39 is 30.4 Å². The zero-order valence-corrected chi connectivity index (χ0v) is 24.2. The molecule has 0 aromatic carbocycles. The number of carbonyl (C=O) groups is 2. The third-order valence-corrected chi connectivity index (χ3v) is 7.26. The molecule has 1 saturated carbocycles. The summed E-state index contributed by atoms with van der Waals surface area (Å²) in [6.07, 6.45) is 16.5. The van der Waals surface area contributed by atoms with E-state index in [1.54, 1.807) is 6.08 Å². The van der Waals surface area contributed by atoms with Gasteiger partial charge in [0.2, 0.25) is 0 Å². The molecule has 1 fully saturated rings. The van der Waals surface area contributed by atoms with E-state index in [4.69, 9.17) is 9.47 Å². The van der Waals surface area contributed by atoms with Crippen LogP contribution in [0.2, 0.25) is 0 Å². The van der Waals surface area contributed by atoms with Gasteiger partial charge in [-0.2, -0.15) is 0 Å². The zero-order valence-electron chi connectivity index (χ0n) is 24.2. The van der Waals surface area contributed by atoms with Crippen LogP contribution >= 0.6 is 0 Å². The molecular formula is C31H54O8. The molecule has 1 aliphatic rings. The van der Waals surface area contributed by atoms with E-state index in [-0.39, 0.29) is 37.4 Å². The number of unbranched alkanes of at least 4 members (excludes halogenated alkanes) is 7. The van der Waals surface area contributed by atoms with Crippen molar-refractivity contribution in [1.29, 1.82) is 0 Å². The van der Waals surface area contributed by atoms with Crippen molar-refractivity contribution >= 4 is 11.9 Å². The number of hydrogen-bond donors (Lipinski definition) is 4. The van der Waals surface area contributed by atoms with Crippen molar-refractivity contribution in [2.45, 2.75) is 135 Å². The van der Waals surface area contributed by atoms with E-state index in [0.717, 1.165) is 51.4 Å². The minimum atomic E-state index is -1.04. The van der Waals surface area contributed by atoms with Crippen molar-refractivity contribution in [3.63, 3.8) is 0 Å². The van der Waals surface area contributed by atoms with Gasteiger partial charge in [-0.1, -0.05) is 83.1 Å². The molecule has 0 radical (unpaired) electrons. The summed E-state index contributed by atoms with van der Waals surface area (Å²) in [6.45, 7) is 3.87. The molecule has 226 valence electrons. The lowest BCUT2D eigenvalue weighted by molar-refractivity contribution is -0.152. The topological polar surface area (TPSA) is 134 Å². The van der Waals surface area contributed by atoms with Crippen molar-refractivity contribution in [3.8, 4) is 0 Å². The van der Waals surface area contributed by atoms with Crippen LogP contribution in [0.3, 0.4) is 0 Å². The summed E-state index contributed by atoms with van der Waals surface area (Å²) in [4.78, 5) is 23.6. The first-order chi connectivity index (χ1) is 18.8. The molecular weight excluding hydrogens is 500 g/mol. The maximum Gasteiger partial charge on any atom is 0.305 e. The molecule has 0 aromatic heterocycles. The van der Waals surface area contributed by atoms with Gasteiger partial charge in [0.15, 0.2) is 0 Å². The van der Waals surface area contributed by atoms with Gasteiger partial charge >= 0.3 is 11.9 Å². The molecule has 4 N–H and O–H groups in total. The van der Waals surface area contributed by atoms with Gasteiger partial charge in [0.25, 0.3) is 0 Å². The maximum atomic E-state index is 11.9. The van der Waals surface area contributed by atoms with Crippen molar-refractivity contribution in [2.24, 2.45) is 11.8 Å². The van der Waals surface area contributed by atoms with Gasteiger partial charge in [-0.15, -0.1) is 0 Å². The van der Waals surface area contributed by atoms with Crippen LogP contribution in [0.1, 0.15) is 110 Å². The van der Waals surface area contributed by atoms with Crippen molar-refractivity contribution in [2.75, 3.05) is 13.2 Å². The first-order valence-corrected chi connectivity index (χ1v) is 15.1. The smallest absolute Gasteiger partial charge is 0.305 e. The third-order valence-electron chi connectivity index (χ3n) is 7.26. The first kappa shape index (κ1) is 35.3. The van der Waals surface area contributed by atoms with E-state index in [1.807, 2.05) is 18.2 Å². The van der Waals surface area contributed by atoms with Crippen molar-refractivity contribution in [1.82, 2.24) is 0 Å². The average Bonchev–Trinajstić information content (AvgIpc) is 3.18. The highest BCUT2D eigenvalue weighted by atomic mass is 16.6. The van der Waals surface area contributed by atoms with Crippen molar-refractivity contribution in [3.05, 3.63) is 24.3 Å². The molecule has 0 spiro atoms. The summed E-state index contributed by atoms with van der Waals surface area (Å²) < 4.78 is 10.1. The van der Waals surface area contributed by atoms with E-state index in [9.17, 15) is 30.0 Å². The molecule has 8 nitrogen and oxygen atoms in total.